The summed E-state index contributed by atoms with van der Waals surface area (Å²) in [5.41, 5.74) is 2.10. The van der Waals surface area contributed by atoms with E-state index in [0.717, 1.165) is 11.1 Å². The van der Waals surface area contributed by atoms with Crippen LogP contribution >= 0.6 is 0 Å². The van der Waals surface area contributed by atoms with Gasteiger partial charge in [-0.25, -0.2) is 9.59 Å². The highest BCUT2D eigenvalue weighted by Gasteiger charge is 2.15. The SMILES string of the molecule is CC(C)(C)OC(=O)NCc1ccc(NC(=O)NCc2ccccc2)cc1. The number of nitrogens with one attached hydrogen (secondary N) is 3. The number of carbonyl (C=O) groups is 2. The highest BCUT2D eigenvalue weighted by atomic mass is 16.6. The van der Waals surface area contributed by atoms with Crippen LogP contribution in [0.1, 0.15) is 31.9 Å². The van der Waals surface area contributed by atoms with Gasteiger partial charge in [0, 0.05) is 18.8 Å². The van der Waals surface area contributed by atoms with Crippen molar-refractivity contribution in [1.29, 1.82) is 0 Å². The predicted molar refractivity (Wildman–Crippen MR) is 102 cm³/mol. The zero-order valence-electron chi connectivity index (χ0n) is 15.3. The minimum atomic E-state index is -0.523. The molecule has 138 valence electrons. The summed E-state index contributed by atoms with van der Waals surface area (Å²) >= 11 is 0. The molecule has 0 bridgehead atoms. The van der Waals surface area contributed by atoms with Gasteiger partial charge in [0.15, 0.2) is 0 Å². The van der Waals surface area contributed by atoms with Gasteiger partial charge in [0.1, 0.15) is 5.60 Å². The molecule has 6 nitrogen and oxygen atoms in total. The molecule has 2 aromatic rings. The average Bonchev–Trinajstić information content (AvgIpc) is 2.59. The lowest BCUT2D eigenvalue weighted by Crippen LogP contribution is -2.32. The number of hydrogen-bond acceptors (Lipinski definition) is 3. The summed E-state index contributed by atoms with van der Waals surface area (Å²) in [6.07, 6.45) is -0.458. The molecule has 6 heteroatoms. The second-order valence-electron chi connectivity index (χ2n) is 6.85. The first-order valence-corrected chi connectivity index (χ1v) is 8.46. The molecule has 0 heterocycles. The Bertz CT molecular complexity index is 722. The van der Waals surface area contributed by atoms with Gasteiger partial charge in [-0.15, -0.1) is 0 Å². The normalized spacial score (nSPS) is 10.7. The monoisotopic (exact) mass is 355 g/mol. The number of hydrogen-bond donors (Lipinski definition) is 3. The van der Waals surface area contributed by atoms with E-state index in [-0.39, 0.29) is 6.03 Å². The first-order valence-electron chi connectivity index (χ1n) is 8.46. The number of anilines is 1. The van der Waals surface area contributed by atoms with Crippen LogP contribution in [0.25, 0.3) is 0 Å². The minimum absolute atomic E-state index is 0.270. The highest BCUT2D eigenvalue weighted by molar-refractivity contribution is 5.89. The van der Waals surface area contributed by atoms with Gasteiger partial charge >= 0.3 is 12.1 Å². The lowest BCUT2D eigenvalue weighted by Gasteiger charge is -2.19. The van der Waals surface area contributed by atoms with Gasteiger partial charge in [-0.1, -0.05) is 42.5 Å². The molecule has 3 amide bonds. The predicted octanol–water partition coefficient (Wildman–Crippen LogP) is 4.03. The van der Waals surface area contributed by atoms with E-state index in [9.17, 15) is 9.59 Å². The summed E-state index contributed by atoms with van der Waals surface area (Å²) in [7, 11) is 0. The molecule has 26 heavy (non-hydrogen) atoms. The van der Waals surface area contributed by atoms with Crippen molar-refractivity contribution in [2.75, 3.05) is 5.32 Å². The quantitative estimate of drug-likeness (QED) is 0.757. The molecule has 0 unspecified atom stereocenters. The third-order valence-electron chi connectivity index (χ3n) is 3.34. The Hall–Kier alpha value is -3.02. The second-order valence-corrected chi connectivity index (χ2v) is 6.85. The number of amides is 3. The summed E-state index contributed by atoms with van der Waals surface area (Å²) in [5, 5.41) is 8.27. The summed E-state index contributed by atoms with van der Waals surface area (Å²) in [6.45, 7) is 6.27. The standard InChI is InChI=1S/C20H25N3O3/c1-20(2,3)26-19(25)22-14-16-9-11-17(12-10-16)23-18(24)21-13-15-7-5-4-6-8-15/h4-12H,13-14H2,1-3H3,(H,22,25)(H2,21,23,24). The Morgan fingerprint density at radius 1 is 0.846 bits per heavy atom. The van der Waals surface area contributed by atoms with Crippen molar-refractivity contribution in [2.24, 2.45) is 0 Å². The van der Waals surface area contributed by atoms with E-state index in [4.69, 9.17) is 4.74 Å². The van der Waals surface area contributed by atoms with Crippen LogP contribution in [0.15, 0.2) is 54.6 Å². The van der Waals surface area contributed by atoms with Gasteiger partial charge < -0.3 is 20.7 Å². The van der Waals surface area contributed by atoms with Crippen LogP contribution in [0.2, 0.25) is 0 Å². The van der Waals surface area contributed by atoms with Gasteiger partial charge in [0.2, 0.25) is 0 Å². The molecule has 0 aromatic heterocycles. The van der Waals surface area contributed by atoms with Crippen LogP contribution < -0.4 is 16.0 Å². The van der Waals surface area contributed by atoms with Crippen molar-refractivity contribution in [3.05, 3.63) is 65.7 Å². The molecule has 2 aromatic carbocycles. The molecule has 0 aliphatic carbocycles. The topological polar surface area (TPSA) is 79.5 Å². The lowest BCUT2D eigenvalue weighted by atomic mass is 10.2. The molecule has 2 rings (SSSR count). The Kier molecular flexibility index (Phi) is 6.60. The second kappa shape index (κ2) is 8.89. The minimum Gasteiger partial charge on any atom is -0.444 e. The van der Waals surface area contributed by atoms with Crippen molar-refractivity contribution < 1.29 is 14.3 Å². The molecule has 0 radical (unpaired) electrons. The molecule has 0 aliphatic rings. The number of rotatable bonds is 5. The van der Waals surface area contributed by atoms with Crippen LogP contribution in [0, 0.1) is 0 Å². The van der Waals surface area contributed by atoms with Crippen molar-refractivity contribution in [1.82, 2.24) is 10.6 Å². The number of ether oxygens (including phenoxy) is 1. The van der Waals surface area contributed by atoms with E-state index in [1.54, 1.807) is 12.1 Å². The third-order valence-corrected chi connectivity index (χ3v) is 3.34. The number of urea groups is 1. The van der Waals surface area contributed by atoms with E-state index < -0.39 is 11.7 Å². The molecule has 0 saturated carbocycles. The molecular weight excluding hydrogens is 330 g/mol. The first kappa shape index (κ1) is 19.3. The van der Waals surface area contributed by atoms with Crippen LogP contribution in [-0.4, -0.2) is 17.7 Å². The highest BCUT2D eigenvalue weighted by Crippen LogP contribution is 2.10. The Labute approximate surface area is 153 Å². The Morgan fingerprint density at radius 3 is 2.04 bits per heavy atom. The van der Waals surface area contributed by atoms with Crippen LogP contribution in [0.4, 0.5) is 15.3 Å². The average molecular weight is 355 g/mol. The van der Waals surface area contributed by atoms with Crippen LogP contribution in [-0.2, 0) is 17.8 Å². The zero-order chi connectivity index (χ0) is 19.0. The largest absolute Gasteiger partial charge is 0.444 e. The fraction of sp³-hybridized carbons (Fsp3) is 0.300. The summed E-state index contributed by atoms with van der Waals surface area (Å²) in [4.78, 5) is 23.6. The molecule has 0 saturated heterocycles. The fourth-order valence-corrected chi connectivity index (χ4v) is 2.15. The number of alkyl carbamates (subject to hydrolysis) is 1. The van der Waals surface area contributed by atoms with Crippen molar-refractivity contribution in [3.8, 4) is 0 Å². The molecule has 0 aliphatic heterocycles. The van der Waals surface area contributed by atoms with Gasteiger partial charge in [-0.05, 0) is 44.0 Å². The molecular formula is C20H25N3O3. The van der Waals surface area contributed by atoms with Gasteiger partial charge in [-0.2, -0.15) is 0 Å². The van der Waals surface area contributed by atoms with E-state index in [0.29, 0.717) is 18.8 Å². The van der Waals surface area contributed by atoms with Crippen molar-refractivity contribution >= 4 is 17.8 Å². The maximum absolute atomic E-state index is 11.9. The van der Waals surface area contributed by atoms with Crippen molar-refractivity contribution in [2.45, 2.75) is 39.5 Å². The smallest absolute Gasteiger partial charge is 0.407 e. The fourth-order valence-electron chi connectivity index (χ4n) is 2.15. The summed E-state index contributed by atoms with van der Waals surface area (Å²) in [5.74, 6) is 0. The molecule has 3 N–H and O–H groups in total. The first-order chi connectivity index (χ1) is 12.3. The molecule has 0 spiro atoms. The number of carbonyl (C=O) groups excluding carboxylic acids is 2. The molecule has 0 atom stereocenters. The Morgan fingerprint density at radius 2 is 1.42 bits per heavy atom. The zero-order valence-corrected chi connectivity index (χ0v) is 15.3. The van der Waals surface area contributed by atoms with Gasteiger partial charge in [-0.3, -0.25) is 0 Å². The van der Waals surface area contributed by atoms with Gasteiger partial charge in [0.25, 0.3) is 0 Å². The Balaban J connectivity index is 1.76. The molecule has 0 fully saturated rings. The van der Waals surface area contributed by atoms with Crippen LogP contribution in [0.5, 0.6) is 0 Å². The van der Waals surface area contributed by atoms with E-state index >= 15 is 0 Å². The summed E-state index contributed by atoms with van der Waals surface area (Å²) in [6, 6.07) is 16.7. The van der Waals surface area contributed by atoms with Gasteiger partial charge in [0.05, 0.1) is 0 Å². The van der Waals surface area contributed by atoms with Crippen molar-refractivity contribution in [3.63, 3.8) is 0 Å². The summed E-state index contributed by atoms with van der Waals surface area (Å²) < 4.78 is 5.18. The maximum Gasteiger partial charge on any atom is 0.407 e. The maximum atomic E-state index is 11.9. The van der Waals surface area contributed by atoms with E-state index in [1.165, 1.54) is 0 Å². The van der Waals surface area contributed by atoms with E-state index in [2.05, 4.69) is 16.0 Å². The number of benzene rings is 2. The van der Waals surface area contributed by atoms with Crippen LogP contribution in [0.3, 0.4) is 0 Å². The lowest BCUT2D eigenvalue weighted by molar-refractivity contribution is 0.0523. The van der Waals surface area contributed by atoms with E-state index in [1.807, 2.05) is 63.2 Å². The third kappa shape index (κ3) is 7.25.